The van der Waals surface area contributed by atoms with E-state index in [4.69, 9.17) is 23.2 Å². The monoisotopic (exact) mass is 468 g/mol. The number of hydrogen-bond donors (Lipinski definition) is 1. The van der Waals surface area contributed by atoms with Gasteiger partial charge in [-0.1, -0.05) is 65.7 Å². The Morgan fingerprint density at radius 2 is 1.59 bits per heavy atom. The highest BCUT2D eigenvalue weighted by Crippen LogP contribution is 2.50. The van der Waals surface area contributed by atoms with Gasteiger partial charge in [-0.15, -0.1) is 0 Å². The van der Waals surface area contributed by atoms with Crippen LogP contribution in [0.25, 0.3) is 0 Å². The maximum atomic E-state index is 13.5. The van der Waals surface area contributed by atoms with Gasteiger partial charge in [0.25, 0.3) is 0 Å². The predicted octanol–water partition coefficient (Wildman–Crippen LogP) is 4.74. The summed E-state index contributed by atoms with van der Waals surface area (Å²) < 4.78 is 0. The van der Waals surface area contributed by atoms with Crippen LogP contribution in [0.15, 0.2) is 60.7 Å². The third kappa shape index (κ3) is 3.63. The number of halogens is 2. The second-order valence-electron chi connectivity index (χ2n) is 8.71. The van der Waals surface area contributed by atoms with Gasteiger partial charge in [0.05, 0.1) is 22.5 Å². The Morgan fingerprint density at radius 3 is 2.16 bits per heavy atom. The van der Waals surface area contributed by atoms with E-state index in [-0.39, 0.29) is 41.9 Å². The molecule has 7 heteroatoms. The van der Waals surface area contributed by atoms with E-state index in [2.05, 4.69) is 17.5 Å². The lowest BCUT2D eigenvalue weighted by molar-refractivity contribution is -0.146. The van der Waals surface area contributed by atoms with Crippen molar-refractivity contribution >= 4 is 46.6 Å². The molecule has 2 fully saturated rings. The molecule has 5 atom stereocenters. The Morgan fingerprint density at radius 1 is 0.969 bits per heavy atom. The summed E-state index contributed by atoms with van der Waals surface area (Å²) in [6, 6.07) is 13.2. The molecule has 0 aromatic heterocycles. The number of fused-ring (bicyclic) bond motifs is 1. The second-order valence-corrected chi connectivity index (χ2v) is 9.55. The largest absolute Gasteiger partial charge is 0.323 e. The molecule has 1 aliphatic heterocycles. The molecule has 32 heavy (non-hydrogen) atoms. The maximum absolute atomic E-state index is 13.5. The van der Waals surface area contributed by atoms with Crippen molar-refractivity contribution < 1.29 is 14.4 Å². The van der Waals surface area contributed by atoms with Crippen molar-refractivity contribution in [2.75, 3.05) is 5.32 Å². The highest BCUT2D eigenvalue weighted by molar-refractivity contribution is 6.36. The lowest BCUT2D eigenvalue weighted by Crippen LogP contribution is -2.49. The van der Waals surface area contributed by atoms with E-state index in [0.29, 0.717) is 15.7 Å². The summed E-state index contributed by atoms with van der Waals surface area (Å²) in [7, 11) is 0. The standard InChI is InChI=1S/C25H22Cl2N2O3/c26-17-10-11-19(18(27)13-17)28-23(30)20(12-14-4-2-1-3-5-14)29-24(31)21-15-6-7-16(9-8-15)22(21)25(29)32/h1-7,10-11,13,15-16,20-22H,8-9,12H2,(H,28,30)/t15-,16-,20-,21-,22+/m0/s1. The Hall–Kier alpha value is -2.63. The molecule has 1 heterocycles. The number of allylic oxidation sites excluding steroid dienone is 2. The average Bonchev–Trinajstić information content (AvgIpc) is 3.08. The molecular formula is C25H22Cl2N2O3. The second kappa shape index (κ2) is 8.38. The molecule has 1 saturated heterocycles. The summed E-state index contributed by atoms with van der Waals surface area (Å²) in [6.07, 6.45) is 6.20. The van der Waals surface area contributed by atoms with Crippen LogP contribution in [0.5, 0.6) is 0 Å². The van der Waals surface area contributed by atoms with E-state index in [0.717, 1.165) is 18.4 Å². The van der Waals surface area contributed by atoms with Crippen LogP contribution in [-0.2, 0) is 20.8 Å². The number of nitrogens with one attached hydrogen (secondary N) is 1. The highest BCUT2D eigenvalue weighted by Gasteiger charge is 2.58. The molecule has 164 valence electrons. The zero-order valence-corrected chi connectivity index (χ0v) is 18.7. The molecule has 4 aliphatic rings. The number of nitrogens with zero attached hydrogens (tertiary/aromatic N) is 1. The summed E-state index contributed by atoms with van der Waals surface area (Å²) in [4.78, 5) is 41.6. The van der Waals surface area contributed by atoms with Gasteiger partial charge >= 0.3 is 0 Å². The number of benzene rings is 2. The van der Waals surface area contributed by atoms with Gasteiger partial charge in [-0.05, 0) is 48.4 Å². The number of imide groups is 1. The summed E-state index contributed by atoms with van der Waals surface area (Å²) >= 11 is 12.2. The van der Waals surface area contributed by atoms with Gasteiger partial charge in [0.1, 0.15) is 6.04 Å². The number of rotatable bonds is 5. The molecular weight excluding hydrogens is 447 g/mol. The summed E-state index contributed by atoms with van der Waals surface area (Å²) in [5.74, 6) is -1.52. The van der Waals surface area contributed by atoms with Crippen molar-refractivity contribution in [2.24, 2.45) is 23.7 Å². The van der Waals surface area contributed by atoms with Gasteiger partial charge in [0.2, 0.25) is 17.7 Å². The van der Waals surface area contributed by atoms with Crippen molar-refractivity contribution in [1.29, 1.82) is 0 Å². The third-order valence-electron chi connectivity index (χ3n) is 6.87. The topological polar surface area (TPSA) is 66.5 Å². The Labute approximate surface area is 196 Å². The highest BCUT2D eigenvalue weighted by atomic mass is 35.5. The van der Waals surface area contributed by atoms with Crippen LogP contribution >= 0.6 is 23.2 Å². The zero-order chi connectivity index (χ0) is 22.4. The van der Waals surface area contributed by atoms with Crippen LogP contribution in [0.2, 0.25) is 10.0 Å². The number of carbonyl (C=O) groups excluding carboxylic acids is 3. The molecule has 0 spiro atoms. The van der Waals surface area contributed by atoms with Crippen molar-refractivity contribution in [1.82, 2.24) is 4.90 Å². The fourth-order valence-corrected chi connectivity index (χ4v) is 5.81. The minimum absolute atomic E-state index is 0.0672. The number of hydrogen-bond acceptors (Lipinski definition) is 3. The molecule has 0 unspecified atom stereocenters. The van der Waals surface area contributed by atoms with Gasteiger partial charge < -0.3 is 5.32 Å². The van der Waals surface area contributed by atoms with E-state index < -0.39 is 11.9 Å². The zero-order valence-electron chi connectivity index (χ0n) is 17.2. The first-order chi connectivity index (χ1) is 15.4. The quantitative estimate of drug-likeness (QED) is 0.508. The average molecular weight is 469 g/mol. The molecule has 6 rings (SSSR count). The van der Waals surface area contributed by atoms with Gasteiger partial charge in [-0.25, -0.2) is 0 Å². The smallest absolute Gasteiger partial charge is 0.248 e. The van der Waals surface area contributed by atoms with E-state index in [9.17, 15) is 14.4 Å². The van der Waals surface area contributed by atoms with Crippen LogP contribution in [0.4, 0.5) is 5.69 Å². The number of likely N-dealkylation sites (tertiary alicyclic amines) is 1. The summed E-state index contributed by atoms with van der Waals surface area (Å²) in [6.45, 7) is 0. The number of anilines is 1. The van der Waals surface area contributed by atoms with Gasteiger partial charge in [-0.3, -0.25) is 19.3 Å². The fraction of sp³-hybridized carbons (Fsp3) is 0.320. The number of amides is 3. The maximum Gasteiger partial charge on any atom is 0.248 e. The van der Waals surface area contributed by atoms with Gasteiger partial charge in [-0.2, -0.15) is 0 Å². The van der Waals surface area contributed by atoms with Crippen LogP contribution in [-0.4, -0.2) is 28.7 Å². The minimum Gasteiger partial charge on any atom is -0.323 e. The van der Waals surface area contributed by atoms with Gasteiger partial charge in [0.15, 0.2) is 0 Å². The van der Waals surface area contributed by atoms with Crippen LogP contribution in [0.3, 0.4) is 0 Å². The molecule has 0 radical (unpaired) electrons. The first-order valence-electron chi connectivity index (χ1n) is 10.8. The molecule has 3 amide bonds. The van der Waals surface area contributed by atoms with Crippen molar-refractivity contribution in [3.05, 3.63) is 76.3 Å². The van der Waals surface area contributed by atoms with Crippen LogP contribution in [0.1, 0.15) is 18.4 Å². The lowest BCUT2D eigenvalue weighted by atomic mass is 9.63. The molecule has 2 aromatic carbocycles. The van der Waals surface area contributed by atoms with Crippen LogP contribution < -0.4 is 5.32 Å². The first kappa shape index (κ1) is 21.2. The Kier molecular flexibility index (Phi) is 5.56. The minimum atomic E-state index is -0.964. The molecule has 3 aliphatic carbocycles. The van der Waals surface area contributed by atoms with E-state index >= 15 is 0 Å². The molecule has 2 aromatic rings. The van der Waals surface area contributed by atoms with E-state index in [1.165, 1.54) is 11.0 Å². The Balaban J connectivity index is 1.48. The predicted molar refractivity (Wildman–Crippen MR) is 123 cm³/mol. The fourth-order valence-electron chi connectivity index (χ4n) is 5.35. The normalized spacial score (nSPS) is 26.9. The number of carbonyl (C=O) groups is 3. The van der Waals surface area contributed by atoms with E-state index in [1.807, 2.05) is 30.3 Å². The molecule has 1 saturated carbocycles. The summed E-state index contributed by atoms with van der Waals surface area (Å²) in [5.41, 5.74) is 1.25. The van der Waals surface area contributed by atoms with Crippen LogP contribution in [0, 0.1) is 23.7 Å². The lowest BCUT2D eigenvalue weighted by Gasteiger charge is -2.38. The van der Waals surface area contributed by atoms with Crippen molar-refractivity contribution in [3.63, 3.8) is 0 Å². The van der Waals surface area contributed by atoms with Crippen molar-refractivity contribution in [3.8, 4) is 0 Å². The Bertz CT molecular complexity index is 1090. The third-order valence-corrected chi connectivity index (χ3v) is 7.42. The summed E-state index contributed by atoms with van der Waals surface area (Å²) in [5, 5.41) is 3.54. The molecule has 1 N–H and O–H groups in total. The van der Waals surface area contributed by atoms with Gasteiger partial charge in [0, 0.05) is 11.4 Å². The van der Waals surface area contributed by atoms with Crippen molar-refractivity contribution in [2.45, 2.75) is 25.3 Å². The molecule has 5 nitrogen and oxygen atoms in total. The molecule has 2 bridgehead atoms. The van der Waals surface area contributed by atoms with E-state index in [1.54, 1.807) is 12.1 Å². The SMILES string of the molecule is O=C(Nc1ccc(Cl)cc1Cl)[C@H](Cc1ccccc1)N1C(=O)[C@@H]2[C@H](C1=O)[C@H]1C=C[C@H]2CC1. The first-order valence-corrected chi connectivity index (χ1v) is 11.5.